The Kier molecular flexibility index (Phi) is 3.83. The smallest absolute Gasteiger partial charge is 0.137 e. The third-order valence-corrected chi connectivity index (χ3v) is 3.82. The molecule has 4 nitrogen and oxygen atoms in total. The van der Waals surface area contributed by atoms with Crippen LogP contribution in [0.2, 0.25) is 0 Å². The normalized spacial score (nSPS) is 16.6. The minimum atomic E-state index is -0.426. The fourth-order valence-corrected chi connectivity index (χ4v) is 2.28. The van der Waals surface area contributed by atoms with E-state index < -0.39 is 6.04 Å². The van der Waals surface area contributed by atoms with Gasteiger partial charge in [0, 0.05) is 23.9 Å². The molecule has 1 aromatic heterocycles. The summed E-state index contributed by atoms with van der Waals surface area (Å²) in [7, 11) is 0. The number of aromatic nitrogens is 2. The van der Waals surface area contributed by atoms with Crippen LogP contribution in [0.5, 0.6) is 0 Å². The summed E-state index contributed by atoms with van der Waals surface area (Å²) in [4.78, 5) is 15.3. The van der Waals surface area contributed by atoms with Crippen LogP contribution in [-0.2, 0) is 0 Å². The van der Waals surface area contributed by atoms with E-state index in [-0.39, 0.29) is 6.04 Å². The molecular formula is C17H17N3O. The van der Waals surface area contributed by atoms with Crippen LogP contribution in [0, 0.1) is 22.7 Å². The summed E-state index contributed by atoms with van der Waals surface area (Å²) in [6.07, 6.45) is 7.71. The number of hydrogen-bond acceptors (Lipinski definition) is 3. The van der Waals surface area contributed by atoms with Crippen LogP contribution in [0.15, 0.2) is 48.2 Å². The van der Waals surface area contributed by atoms with Crippen molar-refractivity contribution in [2.45, 2.75) is 31.8 Å². The zero-order chi connectivity index (χ0) is 14.7. The molecule has 0 aliphatic heterocycles. The van der Waals surface area contributed by atoms with Crippen LogP contribution in [0.3, 0.4) is 0 Å². The fraction of sp³-hybridized carbons (Fsp3) is 0.353. The Labute approximate surface area is 124 Å². The Morgan fingerprint density at radius 2 is 2.10 bits per heavy atom. The maximum atomic E-state index is 11.2. The van der Waals surface area contributed by atoms with Crippen LogP contribution in [-0.4, -0.2) is 9.55 Å². The van der Waals surface area contributed by atoms with Crippen molar-refractivity contribution >= 4 is 0 Å². The molecule has 1 aliphatic carbocycles. The molecule has 21 heavy (non-hydrogen) atoms. The van der Waals surface area contributed by atoms with Gasteiger partial charge in [-0.25, -0.2) is 4.98 Å². The fourth-order valence-electron chi connectivity index (χ4n) is 2.28. The zero-order valence-corrected chi connectivity index (χ0v) is 11.9. The van der Waals surface area contributed by atoms with Gasteiger partial charge in [0.25, 0.3) is 0 Å². The molecular weight excluding hydrogens is 262 g/mol. The summed E-state index contributed by atoms with van der Waals surface area (Å²) < 4.78 is 1.90. The van der Waals surface area contributed by atoms with E-state index in [1.807, 2.05) is 42.0 Å². The highest BCUT2D eigenvalue weighted by atomic mass is 16.3. The molecule has 0 saturated heterocycles. The second kappa shape index (κ2) is 5.92. The standard InChI is InChI=1S/C17H17N3O/c1-13(20-11-10-18-12-20)17(19-21)16-8-6-15(7-9-16)5-4-14-2-3-14/h6-14,17H,2-3H2,1H3. The lowest BCUT2D eigenvalue weighted by atomic mass is 10.00. The van der Waals surface area contributed by atoms with E-state index in [0.717, 1.165) is 11.1 Å². The van der Waals surface area contributed by atoms with Crippen molar-refractivity contribution in [2.24, 2.45) is 11.1 Å². The largest absolute Gasteiger partial charge is 0.332 e. The minimum Gasteiger partial charge on any atom is -0.332 e. The summed E-state index contributed by atoms with van der Waals surface area (Å²) in [5.41, 5.74) is 1.90. The first-order valence-electron chi connectivity index (χ1n) is 7.19. The summed E-state index contributed by atoms with van der Waals surface area (Å²) in [6.45, 7) is 1.97. The highest BCUT2D eigenvalue weighted by Gasteiger charge is 2.21. The van der Waals surface area contributed by atoms with Crippen molar-refractivity contribution < 1.29 is 0 Å². The van der Waals surface area contributed by atoms with Crippen LogP contribution in [0.4, 0.5) is 0 Å². The summed E-state index contributed by atoms with van der Waals surface area (Å²) >= 11 is 0. The number of benzene rings is 1. The summed E-state index contributed by atoms with van der Waals surface area (Å²) in [5, 5.41) is 3.29. The van der Waals surface area contributed by atoms with E-state index in [1.165, 1.54) is 12.8 Å². The molecule has 3 rings (SSSR count). The van der Waals surface area contributed by atoms with Crippen molar-refractivity contribution in [3.63, 3.8) is 0 Å². The number of nitroso groups, excluding NO2 is 1. The average molecular weight is 279 g/mol. The zero-order valence-electron chi connectivity index (χ0n) is 11.9. The number of rotatable bonds is 4. The topological polar surface area (TPSA) is 47.2 Å². The first-order valence-corrected chi connectivity index (χ1v) is 7.19. The molecule has 4 heteroatoms. The highest BCUT2D eigenvalue weighted by molar-refractivity contribution is 5.38. The van der Waals surface area contributed by atoms with Crippen molar-refractivity contribution in [3.8, 4) is 11.8 Å². The third kappa shape index (κ3) is 3.19. The van der Waals surface area contributed by atoms with Gasteiger partial charge in [0.15, 0.2) is 0 Å². The van der Waals surface area contributed by atoms with E-state index in [1.54, 1.807) is 12.5 Å². The Morgan fingerprint density at radius 1 is 1.33 bits per heavy atom. The molecule has 0 amide bonds. The van der Waals surface area contributed by atoms with Gasteiger partial charge < -0.3 is 4.57 Å². The number of imidazole rings is 1. The molecule has 0 N–H and O–H groups in total. The van der Waals surface area contributed by atoms with Crippen molar-refractivity contribution in [1.29, 1.82) is 0 Å². The molecule has 2 aromatic rings. The van der Waals surface area contributed by atoms with Gasteiger partial charge in [-0.1, -0.05) is 29.2 Å². The predicted octanol–water partition coefficient (Wildman–Crippen LogP) is 3.71. The average Bonchev–Trinajstić information content (AvgIpc) is 3.18. The van der Waals surface area contributed by atoms with E-state index in [4.69, 9.17) is 0 Å². The van der Waals surface area contributed by atoms with Gasteiger partial charge in [0.05, 0.1) is 12.4 Å². The van der Waals surface area contributed by atoms with Gasteiger partial charge in [-0.2, -0.15) is 4.91 Å². The van der Waals surface area contributed by atoms with E-state index in [2.05, 4.69) is 22.0 Å². The van der Waals surface area contributed by atoms with Crippen molar-refractivity contribution in [1.82, 2.24) is 9.55 Å². The van der Waals surface area contributed by atoms with Crippen LogP contribution in [0.1, 0.15) is 43.0 Å². The van der Waals surface area contributed by atoms with Gasteiger partial charge in [-0.3, -0.25) is 0 Å². The molecule has 1 fully saturated rings. The Morgan fingerprint density at radius 3 is 2.67 bits per heavy atom. The molecule has 106 valence electrons. The quantitative estimate of drug-likeness (QED) is 0.632. The lowest BCUT2D eigenvalue weighted by Gasteiger charge is -2.19. The maximum Gasteiger partial charge on any atom is 0.137 e. The van der Waals surface area contributed by atoms with Gasteiger partial charge >= 0.3 is 0 Å². The molecule has 0 radical (unpaired) electrons. The molecule has 0 bridgehead atoms. The van der Waals surface area contributed by atoms with Gasteiger partial charge in [-0.05, 0) is 37.5 Å². The van der Waals surface area contributed by atoms with Crippen LogP contribution in [0.25, 0.3) is 0 Å². The molecule has 2 atom stereocenters. The predicted molar refractivity (Wildman–Crippen MR) is 81.5 cm³/mol. The number of hydrogen-bond donors (Lipinski definition) is 0. The Bertz CT molecular complexity index is 660. The van der Waals surface area contributed by atoms with Crippen LogP contribution >= 0.6 is 0 Å². The van der Waals surface area contributed by atoms with Crippen molar-refractivity contribution in [3.05, 3.63) is 59.0 Å². The second-order valence-electron chi connectivity index (χ2n) is 5.47. The molecule has 1 aromatic carbocycles. The van der Waals surface area contributed by atoms with Crippen LogP contribution < -0.4 is 0 Å². The first-order chi connectivity index (χ1) is 10.3. The molecule has 0 spiro atoms. The van der Waals surface area contributed by atoms with E-state index >= 15 is 0 Å². The molecule has 1 heterocycles. The highest BCUT2D eigenvalue weighted by Crippen LogP contribution is 2.30. The lowest BCUT2D eigenvalue weighted by molar-refractivity contribution is 0.452. The monoisotopic (exact) mass is 279 g/mol. The Hall–Kier alpha value is -2.41. The second-order valence-corrected chi connectivity index (χ2v) is 5.47. The molecule has 1 aliphatic rings. The van der Waals surface area contributed by atoms with Gasteiger partial charge in [-0.15, -0.1) is 0 Å². The summed E-state index contributed by atoms with van der Waals surface area (Å²) in [6, 6.07) is 7.32. The first kappa shape index (κ1) is 13.6. The van der Waals surface area contributed by atoms with Crippen molar-refractivity contribution in [2.75, 3.05) is 0 Å². The van der Waals surface area contributed by atoms with E-state index in [9.17, 15) is 4.91 Å². The molecule has 2 unspecified atom stereocenters. The lowest BCUT2D eigenvalue weighted by Crippen LogP contribution is -2.11. The number of nitrogens with zero attached hydrogens (tertiary/aromatic N) is 3. The minimum absolute atomic E-state index is 0.0617. The van der Waals surface area contributed by atoms with Gasteiger partial charge in [0.1, 0.15) is 6.04 Å². The van der Waals surface area contributed by atoms with E-state index in [0.29, 0.717) is 5.92 Å². The maximum absolute atomic E-state index is 11.2. The van der Waals surface area contributed by atoms with Gasteiger partial charge in [0.2, 0.25) is 0 Å². The summed E-state index contributed by atoms with van der Waals surface area (Å²) in [5.74, 6) is 7.00. The SMILES string of the molecule is CC(C(N=O)c1ccc(C#CC2CC2)cc1)n1ccnc1. The molecule has 1 saturated carbocycles. The Balaban J connectivity index is 1.77. The third-order valence-electron chi connectivity index (χ3n) is 3.82.